The zero-order chi connectivity index (χ0) is 27.9. The number of benzene rings is 2. The Kier molecular flexibility index (Phi) is 13.1. The van der Waals surface area contributed by atoms with E-state index >= 15 is 0 Å². The molecule has 0 bridgehead atoms. The summed E-state index contributed by atoms with van der Waals surface area (Å²) in [5.41, 5.74) is 8.00. The number of nitrogens with zero attached hydrogens (tertiary/aromatic N) is 1. The van der Waals surface area contributed by atoms with Crippen molar-refractivity contribution in [3.63, 3.8) is 0 Å². The molecule has 39 heavy (non-hydrogen) atoms. The van der Waals surface area contributed by atoms with Crippen molar-refractivity contribution in [2.45, 2.75) is 71.9 Å². The molecular weight excluding hydrogens is 492 g/mol. The van der Waals surface area contributed by atoms with Gasteiger partial charge in [-0.25, -0.2) is 9.80 Å². The maximum atomic E-state index is 12.5. The van der Waals surface area contributed by atoms with Crippen molar-refractivity contribution >= 4 is 17.8 Å². The van der Waals surface area contributed by atoms with Gasteiger partial charge in [-0.3, -0.25) is 15.5 Å². The monoisotopic (exact) mass is 536 g/mol. The molecule has 1 fully saturated rings. The van der Waals surface area contributed by atoms with E-state index in [4.69, 9.17) is 4.74 Å². The highest BCUT2D eigenvalue weighted by molar-refractivity contribution is 5.92. The number of amides is 2. The summed E-state index contributed by atoms with van der Waals surface area (Å²) >= 11 is 0. The van der Waals surface area contributed by atoms with Crippen LogP contribution in [0.5, 0.6) is 0 Å². The average Bonchev–Trinajstić information content (AvgIpc) is 3.75. The Labute approximate surface area is 232 Å². The summed E-state index contributed by atoms with van der Waals surface area (Å²) in [5, 5.41) is 7.69. The number of Topliss-reactive ketones (excluding diaryl/α,β-unsaturated/α-hetero) is 1. The van der Waals surface area contributed by atoms with Crippen LogP contribution in [-0.4, -0.2) is 49.0 Å². The highest BCUT2D eigenvalue weighted by atomic mass is 16.5. The van der Waals surface area contributed by atoms with E-state index in [1.165, 1.54) is 24.0 Å². The molecule has 0 saturated heterocycles. The van der Waals surface area contributed by atoms with Gasteiger partial charge in [0.05, 0.1) is 13.2 Å². The molecule has 0 aliphatic heterocycles. The number of carbonyl (C=O) groups is 3. The molecule has 3 N–H and O–H groups in total. The van der Waals surface area contributed by atoms with E-state index in [0.717, 1.165) is 56.4 Å². The summed E-state index contributed by atoms with van der Waals surface area (Å²) in [6.45, 7) is 7.03. The molecule has 0 aromatic heterocycles. The maximum Gasteiger partial charge on any atom is 0.413 e. The molecule has 2 aromatic rings. The third-order valence-electron chi connectivity index (χ3n) is 6.71. The van der Waals surface area contributed by atoms with Gasteiger partial charge in [0, 0.05) is 26.1 Å². The zero-order valence-corrected chi connectivity index (χ0v) is 23.5. The first-order chi connectivity index (χ1) is 18.9. The standard InChI is InChI=1S/C31H44N4O4/c1-3-4-19-39-31(38)34-30(37)23-35(33-20-25-12-13-25)22-26-14-16-27(17-15-26)29-11-6-5-10-28(29)21-32-18-8-7-9-24(2)36/h5-6,10-11,14-17,25,32-33H,3-4,7-9,12-13,18-23H2,1-2H3,(H,34,37,38). The molecule has 2 amide bonds. The van der Waals surface area contributed by atoms with Gasteiger partial charge in [-0.2, -0.15) is 0 Å². The van der Waals surface area contributed by atoms with Crippen LogP contribution in [0.15, 0.2) is 48.5 Å². The van der Waals surface area contributed by atoms with Gasteiger partial charge in [-0.1, -0.05) is 61.9 Å². The number of rotatable bonds is 18. The molecule has 212 valence electrons. The molecule has 8 nitrogen and oxygen atoms in total. The molecule has 1 aliphatic rings. The van der Waals surface area contributed by atoms with Gasteiger partial charge in [-0.15, -0.1) is 0 Å². The van der Waals surface area contributed by atoms with Crippen molar-refractivity contribution in [3.8, 4) is 11.1 Å². The number of hydrazine groups is 1. The third-order valence-corrected chi connectivity index (χ3v) is 6.71. The predicted molar refractivity (Wildman–Crippen MR) is 154 cm³/mol. The highest BCUT2D eigenvalue weighted by Crippen LogP contribution is 2.28. The van der Waals surface area contributed by atoms with E-state index in [1.54, 1.807) is 6.92 Å². The van der Waals surface area contributed by atoms with Gasteiger partial charge in [0.25, 0.3) is 0 Å². The fraction of sp³-hybridized carbons (Fsp3) is 0.516. The zero-order valence-electron chi connectivity index (χ0n) is 23.5. The van der Waals surface area contributed by atoms with Gasteiger partial charge in [0.15, 0.2) is 0 Å². The number of hydrogen-bond donors (Lipinski definition) is 3. The van der Waals surface area contributed by atoms with Gasteiger partial charge in [-0.05, 0) is 73.7 Å². The Morgan fingerprint density at radius 1 is 1.00 bits per heavy atom. The first kappa shape index (κ1) is 30.5. The Morgan fingerprint density at radius 2 is 1.77 bits per heavy atom. The second-order valence-electron chi connectivity index (χ2n) is 10.4. The molecule has 0 unspecified atom stereocenters. The summed E-state index contributed by atoms with van der Waals surface area (Å²) in [5.74, 6) is 0.506. The lowest BCUT2D eigenvalue weighted by molar-refractivity contribution is -0.122. The van der Waals surface area contributed by atoms with Crippen LogP contribution in [0.3, 0.4) is 0 Å². The lowest BCUT2D eigenvalue weighted by Crippen LogP contribution is -2.46. The predicted octanol–water partition coefficient (Wildman–Crippen LogP) is 4.97. The number of carbonyl (C=O) groups excluding carboxylic acids is 3. The molecule has 0 spiro atoms. The second kappa shape index (κ2) is 16.8. The van der Waals surface area contributed by atoms with Crippen LogP contribution in [0.4, 0.5) is 4.79 Å². The fourth-order valence-corrected chi connectivity index (χ4v) is 4.23. The number of ketones is 1. The highest BCUT2D eigenvalue weighted by Gasteiger charge is 2.23. The van der Waals surface area contributed by atoms with Gasteiger partial charge < -0.3 is 14.8 Å². The molecule has 1 saturated carbocycles. The summed E-state index contributed by atoms with van der Waals surface area (Å²) < 4.78 is 5.05. The first-order valence-electron chi connectivity index (χ1n) is 14.3. The fourth-order valence-electron chi connectivity index (χ4n) is 4.23. The van der Waals surface area contributed by atoms with Crippen molar-refractivity contribution in [2.75, 3.05) is 26.2 Å². The number of imide groups is 1. The summed E-state index contributed by atoms with van der Waals surface area (Å²) in [4.78, 5) is 35.5. The van der Waals surface area contributed by atoms with Crippen LogP contribution in [0, 0.1) is 5.92 Å². The van der Waals surface area contributed by atoms with E-state index in [-0.39, 0.29) is 18.2 Å². The van der Waals surface area contributed by atoms with Crippen LogP contribution < -0.4 is 16.1 Å². The van der Waals surface area contributed by atoms with Crippen molar-refractivity contribution in [2.24, 2.45) is 5.92 Å². The van der Waals surface area contributed by atoms with Crippen molar-refractivity contribution in [1.82, 2.24) is 21.1 Å². The topological polar surface area (TPSA) is 99.8 Å². The Hall–Kier alpha value is -3.07. The Morgan fingerprint density at radius 3 is 2.49 bits per heavy atom. The molecule has 3 rings (SSSR count). The normalized spacial score (nSPS) is 12.9. The smallest absolute Gasteiger partial charge is 0.413 e. The molecule has 0 atom stereocenters. The number of alkyl carbamates (subject to hydrolysis) is 1. The Bertz CT molecular complexity index is 1050. The lowest BCUT2D eigenvalue weighted by Gasteiger charge is -2.23. The van der Waals surface area contributed by atoms with Gasteiger partial charge >= 0.3 is 6.09 Å². The van der Waals surface area contributed by atoms with E-state index in [1.807, 2.05) is 11.9 Å². The van der Waals surface area contributed by atoms with Crippen molar-refractivity contribution in [3.05, 3.63) is 59.7 Å². The third kappa shape index (κ3) is 12.1. The quantitative estimate of drug-likeness (QED) is 0.183. The molecule has 8 heteroatoms. The number of ether oxygens (including phenoxy) is 1. The molecule has 0 heterocycles. The lowest BCUT2D eigenvalue weighted by atomic mass is 9.98. The van der Waals surface area contributed by atoms with E-state index < -0.39 is 6.09 Å². The minimum absolute atomic E-state index is 0.0538. The maximum absolute atomic E-state index is 12.5. The number of hydrogen-bond acceptors (Lipinski definition) is 7. The second-order valence-corrected chi connectivity index (χ2v) is 10.4. The van der Waals surface area contributed by atoms with Gasteiger partial charge in [0.1, 0.15) is 5.78 Å². The first-order valence-corrected chi connectivity index (χ1v) is 14.3. The number of unbranched alkanes of at least 4 members (excludes halogenated alkanes) is 2. The summed E-state index contributed by atoms with van der Waals surface area (Å²) in [7, 11) is 0. The molecule has 2 aromatic carbocycles. The van der Waals surface area contributed by atoms with Crippen LogP contribution in [-0.2, 0) is 27.4 Å². The van der Waals surface area contributed by atoms with E-state index in [2.05, 4.69) is 64.6 Å². The average molecular weight is 537 g/mol. The van der Waals surface area contributed by atoms with Crippen LogP contribution in [0.2, 0.25) is 0 Å². The summed E-state index contributed by atoms with van der Waals surface area (Å²) in [6, 6.07) is 16.8. The largest absolute Gasteiger partial charge is 0.449 e. The van der Waals surface area contributed by atoms with Crippen LogP contribution >= 0.6 is 0 Å². The Balaban J connectivity index is 1.55. The van der Waals surface area contributed by atoms with E-state index in [9.17, 15) is 14.4 Å². The molecule has 1 aliphatic carbocycles. The van der Waals surface area contributed by atoms with E-state index in [0.29, 0.717) is 25.5 Å². The SMILES string of the molecule is CCCCOC(=O)NC(=O)CN(Cc1ccc(-c2ccccc2CNCCCCC(C)=O)cc1)NCC1CC1. The van der Waals surface area contributed by atoms with Crippen LogP contribution in [0.25, 0.3) is 11.1 Å². The molecular formula is C31H44N4O4. The summed E-state index contributed by atoms with van der Waals surface area (Å²) in [6.07, 6.45) is 5.97. The van der Waals surface area contributed by atoms with Crippen molar-refractivity contribution in [1.29, 1.82) is 0 Å². The molecule has 0 radical (unpaired) electrons. The minimum atomic E-state index is -0.691. The van der Waals surface area contributed by atoms with Crippen molar-refractivity contribution < 1.29 is 19.1 Å². The van der Waals surface area contributed by atoms with Gasteiger partial charge in [0.2, 0.25) is 5.91 Å². The number of nitrogens with one attached hydrogen (secondary N) is 3. The minimum Gasteiger partial charge on any atom is -0.449 e. The van der Waals surface area contributed by atoms with Crippen LogP contribution in [0.1, 0.15) is 69.9 Å².